The van der Waals surface area contributed by atoms with Crippen LogP contribution in [0.5, 0.6) is 0 Å². The van der Waals surface area contributed by atoms with Crippen LogP contribution in [0, 0.1) is 0 Å². The van der Waals surface area contributed by atoms with Crippen molar-refractivity contribution in [1.82, 2.24) is 4.98 Å². The number of carboxylic acid groups (broad SMARTS) is 1. The molecule has 0 radical (unpaired) electrons. The first-order chi connectivity index (χ1) is 6.69. The van der Waals surface area contributed by atoms with E-state index in [2.05, 4.69) is 10.3 Å². The summed E-state index contributed by atoms with van der Waals surface area (Å²) in [6, 6.07) is 0. The SMILES string of the molecule is O=CNc1nc(/C(=C\I)C(=O)O)cs1. The molecule has 74 valence electrons. The summed E-state index contributed by atoms with van der Waals surface area (Å²) in [5.74, 6) is -1.04. The van der Waals surface area contributed by atoms with Gasteiger partial charge in [0.15, 0.2) is 5.13 Å². The Morgan fingerprint density at radius 2 is 2.43 bits per heavy atom. The van der Waals surface area contributed by atoms with Gasteiger partial charge in [0.2, 0.25) is 6.41 Å². The zero-order chi connectivity index (χ0) is 10.6. The van der Waals surface area contributed by atoms with Crippen LogP contribution in [-0.2, 0) is 9.59 Å². The highest BCUT2D eigenvalue weighted by molar-refractivity contribution is 14.1. The lowest BCUT2D eigenvalue weighted by molar-refractivity contribution is -0.130. The molecule has 1 rings (SSSR count). The second-order valence-corrected chi connectivity index (χ2v) is 3.61. The highest BCUT2D eigenvalue weighted by atomic mass is 127. The van der Waals surface area contributed by atoms with E-state index in [0.717, 1.165) is 0 Å². The van der Waals surface area contributed by atoms with Crippen molar-refractivity contribution < 1.29 is 14.7 Å². The first-order valence-corrected chi connectivity index (χ1v) is 5.51. The average Bonchev–Trinajstić information content (AvgIpc) is 2.54. The Kier molecular flexibility index (Phi) is 4.01. The van der Waals surface area contributed by atoms with Crippen molar-refractivity contribution in [1.29, 1.82) is 0 Å². The van der Waals surface area contributed by atoms with E-state index in [-0.39, 0.29) is 5.57 Å². The molecule has 1 heterocycles. The largest absolute Gasteiger partial charge is 0.478 e. The third-order valence-electron chi connectivity index (χ3n) is 1.30. The predicted octanol–water partition coefficient (Wildman–Crippen LogP) is 1.57. The number of thiazole rings is 1. The first kappa shape index (κ1) is 11.1. The van der Waals surface area contributed by atoms with Gasteiger partial charge < -0.3 is 10.4 Å². The highest BCUT2D eigenvalue weighted by Crippen LogP contribution is 2.22. The lowest BCUT2D eigenvalue weighted by Gasteiger charge is -1.94. The second kappa shape index (κ2) is 5.05. The van der Waals surface area contributed by atoms with Gasteiger partial charge in [-0.1, -0.05) is 22.6 Å². The van der Waals surface area contributed by atoms with E-state index in [1.54, 1.807) is 5.38 Å². The number of carbonyl (C=O) groups is 2. The molecule has 0 saturated heterocycles. The summed E-state index contributed by atoms with van der Waals surface area (Å²) >= 11 is 3.00. The molecule has 0 aromatic carbocycles. The number of hydrogen-bond donors (Lipinski definition) is 2. The lowest BCUT2D eigenvalue weighted by Crippen LogP contribution is -2.00. The van der Waals surface area contributed by atoms with Gasteiger partial charge in [-0.25, -0.2) is 9.78 Å². The number of anilines is 1. The number of hydrogen-bond acceptors (Lipinski definition) is 4. The van der Waals surface area contributed by atoms with E-state index < -0.39 is 5.97 Å². The highest BCUT2D eigenvalue weighted by Gasteiger charge is 2.13. The molecular formula is C7H5IN2O3S. The van der Waals surface area contributed by atoms with Gasteiger partial charge in [0.05, 0.1) is 11.3 Å². The van der Waals surface area contributed by atoms with E-state index in [0.29, 0.717) is 17.2 Å². The molecule has 0 atom stereocenters. The third kappa shape index (κ3) is 2.51. The van der Waals surface area contributed by atoms with Crippen molar-refractivity contribution >= 4 is 57.0 Å². The molecule has 1 aromatic rings. The Balaban J connectivity index is 2.95. The molecular weight excluding hydrogens is 319 g/mol. The number of amides is 1. The maximum atomic E-state index is 10.7. The van der Waals surface area contributed by atoms with Crippen LogP contribution in [-0.4, -0.2) is 22.5 Å². The van der Waals surface area contributed by atoms with Crippen LogP contribution in [0.4, 0.5) is 5.13 Å². The van der Waals surface area contributed by atoms with E-state index in [9.17, 15) is 9.59 Å². The molecule has 0 saturated carbocycles. The maximum absolute atomic E-state index is 10.7. The van der Waals surface area contributed by atoms with E-state index in [1.807, 2.05) is 22.6 Å². The fourth-order valence-corrected chi connectivity index (χ4v) is 1.98. The van der Waals surface area contributed by atoms with Crippen LogP contribution >= 0.6 is 33.9 Å². The van der Waals surface area contributed by atoms with Crippen molar-refractivity contribution in [3.63, 3.8) is 0 Å². The minimum atomic E-state index is -1.04. The molecule has 14 heavy (non-hydrogen) atoms. The number of rotatable bonds is 4. The standard InChI is InChI=1S/C7H5IN2O3S/c8-1-4(6(12)13)5-2-14-7(10-5)9-3-11/h1-3H,(H,12,13)(H,9,10,11)/b4-1+. The molecule has 0 aliphatic rings. The van der Waals surface area contributed by atoms with Gasteiger partial charge in [0.25, 0.3) is 0 Å². The summed E-state index contributed by atoms with van der Waals surface area (Å²) in [5.41, 5.74) is 0.460. The average molecular weight is 324 g/mol. The van der Waals surface area contributed by atoms with Crippen LogP contribution in [0.25, 0.3) is 5.57 Å². The number of nitrogens with one attached hydrogen (secondary N) is 1. The minimum Gasteiger partial charge on any atom is -0.478 e. The minimum absolute atomic E-state index is 0.112. The van der Waals surface area contributed by atoms with Crippen molar-refractivity contribution in [2.45, 2.75) is 0 Å². The van der Waals surface area contributed by atoms with Crippen molar-refractivity contribution in [2.24, 2.45) is 0 Å². The summed E-state index contributed by atoms with van der Waals surface area (Å²) in [7, 11) is 0. The number of aliphatic carboxylic acids is 1. The molecule has 5 nitrogen and oxygen atoms in total. The molecule has 0 bridgehead atoms. The molecule has 0 aliphatic carbocycles. The van der Waals surface area contributed by atoms with E-state index in [1.165, 1.54) is 15.4 Å². The number of carbonyl (C=O) groups excluding carboxylic acids is 1. The smallest absolute Gasteiger partial charge is 0.338 e. The van der Waals surface area contributed by atoms with Crippen LogP contribution in [0.2, 0.25) is 0 Å². The van der Waals surface area contributed by atoms with Gasteiger partial charge >= 0.3 is 5.97 Å². The normalized spacial score (nSPS) is 11.1. The molecule has 1 amide bonds. The Bertz CT molecular complexity index is 388. The van der Waals surface area contributed by atoms with E-state index >= 15 is 0 Å². The van der Waals surface area contributed by atoms with Crippen LogP contribution < -0.4 is 5.32 Å². The molecule has 1 aromatic heterocycles. The van der Waals surface area contributed by atoms with Gasteiger partial charge in [0.1, 0.15) is 0 Å². The predicted molar refractivity (Wildman–Crippen MR) is 61.4 cm³/mol. The van der Waals surface area contributed by atoms with Gasteiger partial charge in [-0.2, -0.15) is 0 Å². The van der Waals surface area contributed by atoms with Crippen molar-refractivity contribution in [3.05, 3.63) is 15.2 Å². The lowest BCUT2D eigenvalue weighted by atomic mass is 10.2. The van der Waals surface area contributed by atoms with Gasteiger partial charge in [-0.05, 0) is 4.08 Å². The quantitative estimate of drug-likeness (QED) is 0.501. The summed E-state index contributed by atoms with van der Waals surface area (Å²) in [4.78, 5) is 24.7. The van der Waals surface area contributed by atoms with Gasteiger partial charge in [-0.3, -0.25) is 4.79 Å². The van der Waals surface area contributed by atoms with Crippen molar-refractivity contribution in [2.75, 3.05) is 5.32 Å². The fourth-order valence-electron chi connectivity index (χ4n) is 0.726. The molecule has 0 aliphatic heterocycles. The second-order valence-electron chi connectivity index (χ2n) is 2.13. The Morgan fingerprint density at radius 1 is 1.71 bits per heavy atom. The number of aromatic nitrogens is 1. The summed E-state index contributed by atoms with van der Waals surface area (Å²) < 4.78 is 1.43. The topological polar surface area (TPSA) is 79.3 Å². The Morgan fingerprint density at radius 3 is 2.93 bits per heavy atom. The summed E-state index contributed by atoms with van der Waals surface area (Å²) in [5, 5.41) is 13.1. The molecule has 7 heteroatoms. The zero-order valence-electron chi connectivity index (χ0n) is 6.73. The molecule has 2 N–H and O–H groups in total. The molecule has 0 spiro atoms. The van der Waals surface area contributed by atoms with Gasteiger partial charge in [-0.15, -0.1) is 11.3 Å². The summed E-state index contributed by atoms with van der Waals surface area (Å²) in [6.07, 6.45) is 0.497. The molecule has 0 unspecified atom stereocenters. The number of halogens is 1. The van der Waals surface area contributed by atoms with Crippen molar-refractivity contribution in [3.8, 4) is 0 Å². The zero-order valence-corrected chi connectivity index (χ0v) is 9.70. The molecule has 0 fully saturated rings. The maximum Gasteiger partial charge on any atom is 0.338 e. The van der Waals surface area contributed by atoms with Crippen LogP contribution in [0.15, 0.2) is 9.46 Å². The summed E-state index contributed by atoms with van der Waals surface area (Å²) in [6.45, 7) is 0. The first-order valence-electron chi connectivity index (χ1n) is 3.38. The fraction of sp³-hybridized carbons (Fsp3) is 0. The van der Waals surface area contributed by atoms with Gasteiger partial charge in [0, 0.05) is 5.38 Å². The Hall–Kier alpha value is -0.960. The Labute approximate surface area is 97.0 Å². The number of carboxylic acids is 1. The monoisotopic (exact) mass is 324 g/mol. The van der Waals surface area contributed by atoms with Crippen LogP contribution in [0.3, 0.4) is 0 Å². The van der Waals surface area contributed by atoms with E-state index in [4.69, 9.17) is 5.11 Å². The number of nitrogens with zero attached hydrogens (tertiary/aromatic N) is 1. The third-order valence-corrected chi connectivity index (χ3v) is 2.70. The van der Waals surface area contributed by atoms with Crippen LogP contribution in [0.1, 0.15) is 5.69 Å².